The molecule has 2 N–H and O–H groups in total. The summed E-state index contributed by atoms with van der Waals surface area (Å²) in [7, 11) is 0. The van der Waals surface area contributed by atoms with Gasteiger partial charge >= 0.3 is 0 Å². The number of halogens is 1. The lowest BCUT2D eigenvalue weighted by Crippen LogP contribution is -2.39. The van der Waals surface area contributed by atoms with E-state index in [9.17, 15) is 9.90 Å². The largest absolute Gasteiger partial charge is 0.507 e. The molecule has 0 unspecified atom stereocenters. The van der Waals surface area contributed by atoms with Crippen molar-refractivity contribution in [3.63, 3.8) is 0 Å². The Bertz CT molecular complexity index is 442. The summed E-state index contributed by atoms with van der Waals surface area (Å²) in [5, 5.41) is 18.8. The molecule has 0 radical (unpaired) electrons. The highest BCUT2D eigenvalue weighted by Crippen LogP contribution is 2.25. The number of carbonyl (C=O) groups is 1. The Morgan fingerprint density at radius 2 is 2.06 bits per heavy atom. The van der Waals surface area contributed by atoms with Crippen molar-refractivity contribution >= 4 is 21.8 Å². The third-order valence-electron chi connectivity index (χ3n) is 3.35. The fourth-order valence-corrected chi connectivity index (χ4v) is 2.52. The summed E-state index contributed by atoms with van der Waals surface area (Å²) < 4.78 is 0.746. The van der Waals surface area contributed by atoms with Gasteiger partial charge in [0.1, 0.15) is 5.75 Å². The van der Waals surface area contributed by atoms with Crippen molar-refractivity contribution in [1.82, 2.24) is 4.90 Å². The zero-order valence-corrected chi connectivity index (χ0v) is 11.6. The van der Waals surface area contributed by atoms with Crippen molar-refractivity contribution in [3.8, 4) is 5.75 Å². The van der Waals surface area contributed by atoms with Gasteiger partial charge in [0.15, 0.2) is 0 Å². The number of piperidine rings is 1. The molecule has 1 heterocycles. The Hall–Kier alpha value is -1.07. The van der Waals surface area contributed by atoms with Crippen LogP contribution in [0.2, 0.25) is 0 Å². The van der Waals surface area contributed by atoms with E-state index >= 15 is 0 Å². The van der Waals surface area contributed by atoms with E-state index in [1.54, 1.807) is 17.0 Å². The number of hydrogen-bond donors (Lipinski definition) is 2. The first-order valence-electron chi connectivity index (χ1n) is 6.00. The highest BCUT2D eigenvalue weighted by molar-refractivity contribution is 9.10. The molecule has 1 aliphatic heterocycles. The number of rotatable bonds is 2. The van der Waals surface area contributed by atoms with E-state index in [1.807, 2.05) is 0 Å². The van der Waals surface area contributed by atoms with Crippen molar-refractivity contribution in [3.05, 3.63) is 28.2 Å². The number of aliphatic hydroxyl groups excluding tert-OH is 1. The number of phenolic OH excluding ortho intramolecular Hbond substituents is 1. The van der Waals surface area contributed by atoms with Crippen LogP contribution in [0, 0.1) is 5.92 Å². The molecule has 1 fully saturated rings. The number of likely N-dealkylation sites (tertiary alicyclic amines) is 1. The van der Waals surface area contributed by atoms with Gasteiger partial charge < -0.3 is 15.1 Å². The van der Waals surface area contributed by atoms with Crippen molar-refractivity contribution < 1.29 is 15.0 Å². The molecule has 0 atom stereocenters. The molecule has 1 saturated heterocycles. The Morgan fingerprint density at radius 1 is 1.39 bits per heavy atom. The molecule has 1 aromatic rings. The quantitative estimate of drug-likeness (QED) is 0.878. The van der Waals surface area contributed by atoms with E-state index < -0.39 is 0 Å². The number of aromatic hydroxyl groups is 1. The van der Waals surface area contributed by atoms with Gasteiger partial charge in [-0.15, -0.1) is 0 Å². The standard InChI is InChI=1S/C13H16BrNO3/c14-10-1-2-11(12(17)7-10)13(18)15-5-3-9(8-16)4-6-15/h1-2,7,9,16-17H,3-6,8H2. The van der Waals surface area contributed by atoms with Crippen molar-refractivity contribution in [2.45, 2.75) is 12.8 Å². The summed E-state index contributed by atoms with van der Waals surface area (Å²) >= 11 is 3.25. The average Bonchev–Trinajstić information content (AvgIpc) is 2.38. The molecule has 0 saturated carbocycles. The molecule has 2 rings (SSSR count). The van der Waals surface area contributed by atoms with Gasteiger partial charge in [-0.3, -0.25) is 4.79 Å². The smallest absolute Gasteiger partial charge is 0.257 e. The van der Waals surface area contributed by atoms with Crippen LogP contribution in [0.15, 0.2) is 22.7 Å². The number of benzene rings is 1. The first-order chi connectivity index (χ1) is 8.61. The molecule has 0 spiro atoms. The molecule has 0 aromatic heterocycles. The van der Waals surface area contributed by atoms with Crippen LogP contribution in [-0.4, -0.2) is 40.7 Å². The predicted molar refractivity (Wildman–Crippen MR) is 71.5 cm³/mol. The molecule has 1 aliphatic rings. The molecule has 4 nitrogen and oxygen atoms in total. The molecule has 1 amide bonds. The minimum atomic E-state index is -0.142. The Kier molecular flexibility index (Phi) is 4.24. The van der Waals surface area contributed by atoms with Gasteiger partial charge in [0, 0.05) is 24.2 Å². The topological polar surface area (TPSA) is 60.8 Å². The van der Waals surface area contributed by atoms with E-state index in [0.717, 1.165) is 17.3 Å². The van der Waals surface area contributed by atoms with Gasteiger partial charge in [-0.1, -0.05) is 15.9 Å². The molecule has 1 aromatic carbocycles. The fraction of sp³-hybridized carbons (Fsp3) is 0.462. The molecule has 5 heteroatoms. The van der Waals surface area contributed by atoms with Crippen LogP contribution in [0.1, 0.15) is 23.2 Å². The van der Waals surface area contributed by atoms with Crippen LogP contribution in [0.25, 0.3) is 0 Å². The van der Waals surface area contributed by atoms with E-state index in [4.69, 9.17) is 5.11 Å². The van der Waals surface area contributed by atoms with Crippen LogP contribution < -0.4 is 0 Å². The number of hydrogen-bond acceptors (Lipinski definition) is 3. The maximum Gasteiger partial charge on any atom is 0.257 e. The van der Waals surface area contributed by atoms with Crippen LogP contribution in [-0.2, 0) is 0 Å². The summed E-state index contributed by atoms with van der Waals surface area (Å²) in [6, 6.07) is 4.89. The summed E-state index contributed by atoms with van der Waals surface area (Å²) in [6.07, 6.45) is 1.64. The van der Waals surface area contributed by atoms with Gasteiger partial charge in [0.25, 0.3) is 5.91 Å². The average molecular weight is 314 g/mol. The van der Waals surface area contributed by atoms with Crippen LogP contribution in [0.5, 0.6) is 5.75 Å². The minimum Gasteiger partial charge on any atom is -0.507 e. The molecular formula is C13H16BrNO3. The van der Waals surface area contributed by atoms with E-state index in [0.29, 0.717) is 24.6 Å². The third-order valence-corrected chi connectivity index (χ3v) is 3.84. The van der Waals surface area contributed by atoms with Gasteiger partial charge in [-0.2, -0.15) is 0 Å². The summed E-state index contributed by atoms with van der Waals surface area (Å²) in [5.41, 5.74) is 0.334. The lowest BCUT2D eigenvalue weighted by atomic mass is 9.97. The van der Waals surface area contributed by atoms with Crippen LogP contribution in [0.3, 0.4) is 0 Å². The van der Waals surface area contributed by atoms with Crippen molar-refractivity contribution in [2.24, 2.45) is 5.92 Å². The van der Waals surface area contributed by atoms with Crippen LogP contribution >= 0.6 is 15.9 Å². The number of aliphatic hydroxyl groups is 1. The number of nitrogens with zero attached hydrogens (tertiary/aromatic N) is 1. The second kappa shape index (κ2) is 5.71. The maximum absolute atomic E-state index is 12.2. The molecule has 0 aliphatic carbocycles. The second-order valence-electron chi connectivity index (χ2n) is 4.58. The van der Waals surface area contributed by atoms with E-state index in [2.05, 4.69) is 15.9 Å². The number of phenols is 1. The normalized spacial score (nSPS) is 16.9. The second-order valence-corrected chi connectivity index (χ2v) is 5.50. The van der Waals surface area contributed by atoms with Gasteiger partial charge in [0.2, 0.25) is 0 Å². The third kappa shape index (κ3) is 2.84. The monoisotopic (exact) mass is 313 g/mol. The first-order valence-corrected chi connectivity index (χ1v) is 6.79. The summed E-state index contributed by atoms with van der Waals surface area (Å²) in [6.45, 7) is 1.46. The predicted octanol–water partition coefficient (Wildman–Crippen LogP) is 2.00. The van der Waals surface area contributed by atoms with E-state index in [-0.39, 0.29) is 18.3 Å². The van der Waals surface area contributed by atoms with Gasteiger partial charge in [0.05, 0.1) is 5.56 Å². The molecule has 18 heavy (non-hydrogen) atoms. The molecular weight excluding hydrogens is 298 g/mol. The Morgan fingerprint density at radius 3 is 2.61 bits per heavy atom. The van der Waals surface area contributed by atoms with Gasteiger partial charge in [-0.25, -0.2) is 0 Å². The van der Waals surface area contributed by atoms with E-state index in [1.165, 1.54) is 6.07 Å². The SMILES string of the molecule is O=C(c1ccc(Br)cc1O)N1CCC(CO)CC1. The molecule has 0 bridgehead atoms. The fourth-order valence-electron chi connectivity index (χ4n) is 2.17. The highest BCUT2D eigenvalue weighted by atomic mass is 79.9. The number of carbonyl (C=O) groups excluding carboxylic acids is 1. The van der Waals surface area contributed by atoms with Crippen LogP contribution in [0.4, 0.5) is 0 Å². The maximum atomic E-state index is 12.2. The number of amides is 1. The lowest BCUT2D eigenvalue weighted by Gasteiger charge is -2.31. The summed E-state index contributed by atoms with van der Waals surface area (Å²) in [5.74, 6) is 0.155. The Labute approximate surface area is 114 Å². The first kappa shape index (κ1) is 13.4. The molecule has 98 valence electrons. The lowest BCUT2D eigenvalue weighted by molar-refractivity contribution is 0.0648. The Balaban J connectivity index is 2.08. The zero-order chi connectivity index (χ0) is 13.1. The highest BCUT2D eigenvalue weighted by Gasteiger charge is 2.24. The summed E-state index contributed by atoms with van der Waals surface area (Å²) in [4.78, 5) is 13.9. The van der Waals surface area contributed by atoms with Crippen molar-refractivity contribution in [2.75, 3.05) is 19.7 Å². The zero-order valence-electron chi connectivity index (χ0n) is 9.97. The minimum absolute atomic E-state index is 0.00124. The van der Waals surface area contributed by atoms with Crippen molar-refractivity contribution in [1.29, 1.82) is 0 Å². The van der Waals surface area contributed by atoms with Gasteiger partial charge in [-0.05, 0) is 37.0 Å².